The zero-order valence-corrected chi connectivity index (χ0v) is 25.1. The lowest BCUT2D eigenvalue weighted by atomic mass is 9.76. The number of urea groups is 1. The van der Waals surface area contributed by atoms with Crippen molar-refractivity contribution in [2.75, 3.05) is 26.2 Å². The number of nitrogens with zero attached hydrogens (tertiary/aromatic N) is 5. The largest absolute Gasteiger partial charge is 0.333 e. The molecule has 0 aromatic rings. The van der Waals surface area contributed by atoms with E-state index < -0.39 is 24.7 Å². The van der Waals surface area contributed by atoms with Crippen molar-refractivity contribution < 1.29 is 14.0 Å². The van der Waals surface area contributed by atoms with Crippen LogP contribution in [0.4, 0.5) is 9.18 Å². The van der Waals surface area contributed by atoms with Gasteiger partial charge in [0.2, 0.25) is 5.91 Å². The van der Waals surface area contributed by atoms with Gasteiger partial charge in [-0.1, -0.05) is 32.6 Å². The number of nitriles is 1. The number of carbonyl (C=O) groups excluding carboxylic acids is 2. The lowest BCUT2D eigenvalue weighted by molar-refractivity contribution is -0.134. The minimum atomic E-state index is -1.22. The van der Waals surface area contributed by atoms with Gasteiger partial charge >= 0.3 is 6.03 Å². The van der Waals surface area contributed by atoms with Crippen LogP contribution in [0.3, 0.4) is 0 Å². The fourth-order valence-electron chi connectivity index (χ4n) is 8.20. The van der Waals surface area contributed by atoms with Crippen LogP contribution in [-0.4, -0.2) is 101 Å². The van der Waals surface area contributed by atoms with E-state index in [-0.39, 0.29) is 54.7 Å². The minimum Gasteiger partial charge on any atom is -0.333 e. The van der Waals surface area contributed by atoms with E-state index in [1.807, 2.05) is 16.1 Å². The molecule has 9 unspecified atom stereocenters. The van der Waals surface area contributed by atoms with Crippen LogP contribution in [0.25, 0.3) is 0 Å². The Bertz CT molecular complexity index is 1190. The van der Waals surface area contributed by atoms with Crippen LogP contribution in [0.15, 0.2) is 36.7 Å². The number of halogens is 1. The van der Waals surface area contributed by atoms with Crippen LogP contribution < -0.4 is 26.9 Å². The lowest BCUT2D eigenvalue weighted by Crippen LogP contribution is -2.80. The van der Waals surface area contributed by atoms with E-state index in [1.54, 1.807) is 4.90 Å². The van der Waals surface area contributed by atoms with E-state index in [9.17, 15) is 14.9 Å². The molecule has 5 N–H and O–H groups in total. The molecule has 4 fully saturated rings. The van der Waals surface area contributed by atoms with E-state index in [0.29, 0.717) is 32.0 Å². The Morgan fingerprint density at radius 3 is 2.86 bits per heavy atom. The number of hydrogen-bond acceptors (Lipinski definition) is 9. The second-order valence-electron chi connectivity index (χ2n) is 13.0. The smallest absolute Gasteiger partial charge is 0.320 e. The molecule has 4 saturated heterocycles. The number of alkyl halides is 1. The first kappa shape index (κ1) is 29.9. The molecule has 6 aliphatic rings. The van der Waals surface area contributed by atoms with E-state index in [4.69, 9.17) is 0 Å². The molecule has 2 bridgehead atoms. The van der Waals surface area contributed by atoms with E-state index in [0.717, 1.165) is 25.1 Å². The third kappa shape index (κ3) is 5.50. The maximum Gasteiger partial charge on any atom is 0.320 e. The molecule has 6 heterocycles. The molecule has 0 aromatic heterocycles. The Morgan fingerprint density at radius 1 is 1.26 bits per heavy atom. The number of nitrogens with one attached hydrogen (secondary N) is 5. The number of hydrazine groups is 2. The van der Waals surface area contributed by atoms with Crippen molar-refractivity contribution in [2.45, 2.75) is 88.7 Å². The van der Waals surface area contributed by atoms with Crippen molar-refractivity contribution in [3.05, 3.63) is 36.7 Å². The highest BCUT2D eigenvalue weighted by atomic mass is 19.1. The van der Waals surface area contributed by atoms with Crippen LogP contribution in [0, 0.1) is 29.1 Å². The fourth-order valence-corrected chi connectivity index (χ4v) is 8.20. The summed E-state index contributed by atoms with van der Waals surface area (Å²) in [6.07, 6.45) is 7.66. The second-order valence-corrected chi connectivity index (χ2v) is 13.0. The van der Waals surface area contributed by atoms with Gasteiger partial charge in [0.1, 0.15) is 12.3 Å². The van der Waals surface area contributed by atoms with E-state index in [1.165, 1.54) is 6.08 Å². The summed E-state index contributed by atoms with van der Waals surface area (Å²) >= 11 is 0. The summed E-state index contributed by atoms with van der Waals surface area (Å²) in [5.74, 6) is 0.0895. The Morgan fingerprint density at radius 2 is 2.09 bits per heavy atom. The van der Waals surface area contributed by atoms with Crippen molar-refractivity contribution in [1.82, 2.24) is 46.6 Å². The van der Waals surface area contributed by atoms with Gasteiger partial charge in [0.15, 0.2) is 0 Å². The summed E-state index contributed by atoms with van der Waals surface area (Å²) in [6.45, 7) is 10.2. The number of piperazine rings is 1. The highest BCUT2D eigenvalue weighted by Crippen LogP contribution is 2.40. The molecule has 3 amide bonds. The molecule has 6 rings (SSSR count). The molecule has 12 nitrogen and oxygen atoms in total. The average Bonchev–Trinajstić information content (AvgIpc) is 3.46. The van der Waals surface area contributed by atoms with Gasteiger partial charge in [-0.2, -0.15) is 5.26 Å². The SMILES string of the molecule is C=CC(=O)N1CCN(C2NC(=O)N3C4NC(C(F)CC24)N2NNC=C2CC=CCC2CCNC(C(C)C)C23)CC1CC#N. The highest BCUT2D eigenvalue weighted by Gasteiger charge is 2.56. The minimum absolute atomic E-state index is 0.0799. The van der Waals surface area contributed by atoms with Gasteiger partial charge < -0.3 is 25.9 Å². The number of carbonyl (C=O) groups is 2. The monoisotopic (exact) mass is 596 g/mol. The summed E-state index contributed by atoms with van der Waals surface area (Å²) in [5.41, 5.74) is 7.08. The lowest BCUT2D eigenvalue weighted by Gasteiger charge is -2.59. The van der Waals surface area contributed by atoms with Crippen molar-refractivity contribution in [3.8, 4) is 6.07 Å². The first-order valence-electron chi connectivity index (χ1n) is 15.7. The Labute approximate surface area is 253 Å². The number of allylic oxidation sites excluding steroid dienone is 2. The first-order valence-corrected chi connectivity index (χ1v) is 15.7. The maximum atomic E-state index is 16.3. The summed E-state index contributed by atoms with van der Waals surface area (Å²) < 4.78 is 16.3. The number of piperidine rings is 2. The average molecular weight is 597 g/mol. The molecule has 0 saturated carbocycles. The van der Waals surface area contributed by atoms with Crippen LogP contribution in [-0.2, 0) is 4.79 Å². The summed E-state index contributed by atoms with van der Waals surface area (Å²) in [7, 11) is 0. The van der Waals surface area contributed by atoms with E-state index >= 15 is 4.39 Å². The Balaban J connectivity index is 1.37. The van der Waals surface area contributed by atoms with Crippen molar-refractivity contribution in [3.63, 3.8) is 0 Å². The zero-order valence-electron chi connectivity index (χ0n) is 25.1. The third-order valence-corrected chi connectivity index (χ3v) is 10.2. The van der Waals surface area contributed by atoms with Crippen LogP contribution in [0.5, 0.6) is 0 Å². The standard InChI is InChI=1S/C30H45FN10O2/c1-4-24(42)39-14-13-38(17-21(39)9-11-32)27-22-15-23(31)29-35-28(22)40(30(43)36-27)26-19(10-12-33-25(26)18(2)3)7-5-6-8-20-16-34-37-41(20)29/h4-6,16,18-19,21-23,25-29,33-35,37H,1,7-10,12-15,17H2,2-3H3,(H,36,43). The Kier molecular flexibility index (Phi) is 8.64. The molecule has 0 aliphatic carbocycles. The quantitative estimate of drug-likeness (QED) is 0.239. The van der Waals surface area contributed by atoms with Gasteiger partial charge in [0, 0.05) is 44.2 Å². The van der Waals surface area contributed by atoms with Crippen molar-refractivity contribution >= 4 is 11.9 Å². The van der Waals surface area contributed by atoms with Gasteiger partial charge in [-0.15, -0.1) is 5.53 Å². The summed E-state index contributed by atoms with van der Waals surface area (Å²) in [6, 6.07) is 1.73. The predicted molar refractivity (Wildman–Crippen MR) is 158 cm³/mol. The van der Waals surface area contributed by atoms with Gasteiger partial charge in [-0.05, 0) is 43.7 Å². The number of fused-ring (bicyclic) bond motifs is 5. The highest BCUT2D eigenvalue weighted by molar-refractivity contribution is 5.87. The molecule has 0 spiro atoms. The summed E-state index contributed by atoms with van der Waals surface area (Å²) in [5, 5.41) is 22.0. The van der Waals surface area contributed by atoms with E-state index in [2.05, 4.69) is 70.5 Å². The van der Waals surface area contributed by atoms with Gasteiger partial charge in [-0.25, -0.2) is 9.18 Å². The molecular formula is C30H45FN10O2. The second kappa shape index (κ2) is 12.4. The molecule has 0 aromatic carbocycles. The third-order valence-electron chi connectivity index (χ3n) is 10.2. The van der Waals surface area contributed by atoms with Crippen LogP contribution in [0.1, 0.15) is 46.0 Å². The van der Waals surface area contributed by atoms with Crippen molar-refractivity contribution in [1.29, 1.82) is 5.26 Å². The summed E-state index contributed by atoms with van der Waals surface area (Å²) in [4.78, 5) is 32.7. The maximum absolute atomic E-state index is 16.3. The fraction of sp³-hybridized carbons (Fsp3) is 0.700. The molecule has 234 valence electrons. The molecule has 13 heteroatoms. The van der Waals surface area contributed by atoms with Crippen LogP contribution >= 0.6 is 0 Å². The normalized spacial score (nSPS) is 38.0. The molecule has 43 heavy (non-hydrogen) atoms. The van der Waals surface area contributed by atoms with Gasteiger partial charge in [0.05, 0.1) is 42.6 Å². The van der Waals surface area contributed by atoms with Crippen LogP contribution in [0.2, 0.25) is 0 Å². The zero-order chi connectivity index (χ0) is 30.2. The number of amides is 3. The van der Waals surface area contributed by atoms with Gasteiger partial charge in [0.25, 0.3) is 0 Å². The Hall–Kier alpha value is -3.18. The molecule has 0 radical (unpaired) electrons. The first-order chi connectivity index (χ1) is 20.8. The number of hydrogen-bond donors (Lipinski definition) is 5. The number of rotatable bonds is 4. The van der Waals surface area contributed by atoms with Crippen molar-refractivity contribution in [2.24, 2.45) is 17.8 Å². The molecule has 9 atom stereocenters. The molecular weight excluding hydrogens is 551 g/mol. The van der Waals surface area contributed by atoms with Gasteiger partial charge in [-0.3, -0.25) is 20.0 Å². The molecule has 6 aliphatic heterocycles. The topological polar surface area (TPSA) is 131 Å². The predicted octanol–water partition coefficient (Wildman–Crippen LogP) is 1.07.